The van der Waals surface area contributed by atoms with E-state index in [-0.39, 0.29) is 55.2 Å². The summed E-state index contributed by atoms with van der Waals surface area (Å²) in [6, 6.07) is 8.31. The number of Topliss-reactive ketones (excluding diaryl/α,β-unsaturated/α-hetero) is 1. The lowest BCUT2D eigenvalue weighted by Crippen LogP contribution is -2.46. The Bertz CT molecular complexity index is 1510. The summed E-state index contributed by atoms with van der Waals surface area (Å²) >= 11 is 5.80. The Morgan fingerprint density at radius 1 is 1.20 bits per heavy atom. The smallest absolute Gasteiger partial charge is 0.243 e. The van der Waals surface area contributed by atoms with Gasteiger partial charge < -0.3 is 19.3 Å². The minimum atomic E-state index is -3.15. The van der Waals surface area contributed by atoms with Gasteiger partial charge in [0.2, 0.25) is 19.2 Å². The van der Waals surface area contributed by atoms with Gasteiger partial charge in [0, 0.05) is 47.1 Å². The second-order valence-corrected chi connectivity index (χ2v) is 12.8. The van der Waals surface area contributed by atoms with Gasteiger partial charge >= 0.3 is 0 Å². The van der Waals surface area contributed by atoms with Gasteiger partial charge in [-0.2, -0.15) is 0 Å². The van der Waals surface area contributed by atoms with Gasteiger partial charge in [0.15, 0.2) is 5.78 Å². The Kier molecular flexibility index (Phi) is 9.12. The first kappa shape index (κ1) is 29.9. The Morgan fingerprint density at radius 3 is 2.62 bits per heavy atom. The van der Waals surface area contributed by atoms with Crippen LogP contribution in [0, 0.1) is 5.82 Å². The summed E-state index contributed by atoms with van der Waals surface area (Å²) in [5, 5.41) is 3.52. The van der Waals surface area contributed by atoms with Crippen molar-refractivity contribution in [3.63, 3.8) is 0 Å². The molecule has 214 valence electrons. The van der Waals surface area contributed by atoms with Crippen LogP contribution in [-0.2, 0) is 31.8 Å². The van der Waals surface area contributed by atoms with Crippen molar-refractivity contribution in [2.24, 2.45) is 0 Å². The van der Waals surface area contributed by atoms with Crippen LogP contribution < -0.4 is 10.6 Å². The third kappa shape index (κ3) is 5.99. The van der Waals surface area contributed by atoms with Crippen LogP contribution in [-0.4, -0.2) is 58.6 Å². The zero-order valence-electron chi connectivity index (χ0n) is 22.5. The number of carbonyl (C=O) groups is 3. The van der Waals surface area contributed by atoms with Crippen LogP contribution in [0.4, 0.5) is 8.78 Å². The van der Waals surface area contributed by atoms with E-state index in [1.807, 2.05) is 0 Å². The van der Waals surface area contributed by atoms with Gasteiger partial charge in [-0.15, -0.1) is 0 Å². The molecular weight excluding hydrogens is 563 g/mol. The summed E-state index contributed by atoms with van der Waals surface area (Å²) in [6.07, 6.45) is 0.197. The normalized spacial score (nSPS) is 18.6. The molecule has 4 rings (SSSR count). The van der Waals surface area contributed by atoms with Gasteiger partial charge in [-0.25, -0.2) is 8.78 Å². The van der Waals surface area contributed by atoms with Gasteiger partial charge in [0.05, 0.1) is 23.7 Å². The molecule has 12 heteroatoms. The van der Waals surface area contributed by atoms with Crippen LogP contribution in [0.15, 0.2) is 42.6 Å². The van der Waals surface area contributed by atoms with Crippen molar-refractivity contribution in [3.8, 4) is 0 Å². The van der Waals surface area contributed by atoms with E-state index in [2.05, 4.69) is 5.32 Å². The van der Waals surface area contributed by atoms with Crippen molar-refractivity contribution >= 4 is 52.8 Å². The molecule has 1 aromatic heterocycles. The fourth-order valence-corrected chi connectivity index (χ4v) is 6.92. The third-order valence-electron chi connectivity index (χ3n) is 7.06. The molecule has 2 heterocycles. The van der Waals surface area contributed by atoms with Crippen molar-refractivity contribution in [2.45, 2.75) is 52.5 Å². The van der Waals surface area contributed by atoms with Crippen molar-refractivity contribution in [1.29, 1.82) is 0 Å². The number of amides is 2. The number of carbonyl (C=O) groups excluding carboxylic acids is 3. The molecule has 40 heavy (non-hydrogen) atoms. The first-order chi connectivity index (χ1) is 19.0. The summed E-state index contributed by atoms with van der Waals surface area (Å²) in [4.78, 5) is 39.9. The number of nitrogens with zero attached hydrogens (tertiary/aromatic N) is 2. The molecular formula is C28H31ClF2N3O5P. The molecule has 0 spiro atoms. The first-order valence-corrected chi connectivity index (χ1v) is 15.2. The van der Waals surface area contributed by atoms with E-state index in [9.17, 15) is 27.7 Å². The maximum absolute atomic E-state index is 14.5. The summed E-state index contributed by atoms with van der Waals surface area (Å²) in [5.41, 5.74) is 1.04. The zero-order valence-corrected chi connectivity index (χ0v) is 24.1. The molecule has 8 nitrogen and oxygen atoms in total. The molecule has 0 radical (unpaired) electrons. The van der Waals surface area contributed by atoms with Crippen LogP contribution >= 0.6 is 19.0 Å². The maximum Gasteiger partial charge on any atom is 0.243 e. The largest absolute Gasteiger partial charge is 0.350 e. The van der Waals surface area contributed by atoms with Gasteiger partial charge in [-0.05, 0) is 32.0 Å². The van der Waals surface area contributed by atoms with Crippen LogP contribution in [0.3, 0.4) is 0 Å². The summed E-state index contributed by atoms with van der Waals surface area (Å²) in [6.45, 7) is 4.45. The molecule has 1 aliphatic rings. The van der Waals surface area contributed by atoms with Crippen LogP contribution in [0.25, 0.3) is 10.9 Å². The highest BCUT2D eigenvalue weighted by Crippen LogP contribution is 2.45. The topological polar surface area (TPSA) is 97.7 Å². The minimum Gasteiger partial charge on any atom is -0.350 e. The lowest BCUT2D eigenvalue weighted by Gasteiger charge is -2.24. The second-order valence-electron chi connectivity index (χ2n) is 9.66. The lowest BCUT2D eigenvalue weighted by molar-refractivity contribution is -0.139. The fourth-order valence-electron chi connectivity index (χ4n) is 4.99. The number of alkyl halides is 1. The number of hydrogen-bond acceptors (Lipinski definition) is 5. The van der Waals surface area contributed by atoms with Crippen molar-refractivity contribution < 1.29 is 32.3 Å². The molecule has 0 bridgehead atoms. The molecule has 3 atom stereocenters. The number of ketones is 1. The average molecular weight is 594 g/mol. The Balaban J connectivity index is 1.59. The molecule has 2 unspecified atom stereocenters. The molecule has 2 amide bonds. The molecule has 1 aliphatic heterocycles. The van der Waals surface area contributed by atoms with Gasteiger partial charge in [-0.3, -0.25) is 18.9 Å². The van der Waals surface area contributed by atoms with Crippen molar-refractivity contribution in [2.75, 3.05) is 19.3 Å². The van der Waals surface area contributed by atoms with Gasteiger partial charge in [0.1, 0.15) is 24.6 Å². The molecule has 0 saturated carbocycles. The molecule has 1 saturated heterocycles. The number of hydrogen-bond donors (Lipinski definition) is 1. The minimum absolute atomic E-state index is 0.0863. The number of aromatic nitrogens is 1. The predicted molar refractivity (Wildman–Crippen MR) is 150 cm³/mol. The predicted octanol–water partition coefficient (Wildman–Crippen LogP) is 4.85. The molecule has 0 aliphatic carbocycles. The molecule has 1 N–H and O–H groups in total. The molecule has 2 aromatic carbocycles. The van der Waals surface area contributed by atoms with E-state index in [1.54, 1.807) is 42.7 Å². The number of rotatable bonds is 10. The van der Waals surface area contributed by atoms with Crippen LogP contribution in [0.5, 0.6) is 0 Å². The fraction of sp³-hybridized carbons (Fsp3) is 0.393. The second kappa shape index (κ2) is 12.2. The quantitative estimate of drug-likeness (QED) is 0.268. The first-order valence-electron chi connectivity index (χ1n) is 13.0. The number of fused-ring (bicyclic) bond motifs is 1. The highest BCUT2D eigenvalue weighted by Gasteiger charge is 2.40. The monoisotopic (exact) mass is 593 g/mol. The highest BCUT2D eigenvalue weighted by atomic mass is 35.5. The van der Waals surface area contributed by atoms with E-state index >= 15 is 0 Å². The molecule has 1 fully saturated rings. The van der Waals surface area contributed by atoms with Crippen LogP contribution in [0.1, 0.15) is 43.1 Å². The van der Waals surface area contributed by atoms with E-state index in [0.29, 0.717) is 21.8 Å². The average Bonchev–Trinajstić information content (AvgIpc) is 3.50. The van der Waals surface area contributed by atoms with E-state index in [1.165, 1.54) is 25.3 Å². The van der Waals surface area contributed by atoms with E-state index in [4.69, 9.17) is 16.1 Å². The van der Waals surface area contributed by atoms with E-state index < -0.39 is 37.2 Å². The molecule has 3 aromatic rings. The summed E-state index contributed by atoms with van der Waals surface area (Å²) < 4.78 is 49.2. The van der Waals surface area contributed by atoms with Crippen LogP contribution in [0.2, 0.25) is 5.02 Å². The number of halogens is 3. The third-order valence-corrected chi connectivity index (χ3v) is 9.92. The Morgan fingerprint density at radius 2 is 1.95 bits per heavy atom. The van der Waals surface area contributed by atoms with Gasteiger partial charge in [0.25, 0.3) is 0 Å². The zero-order chi connectivity index (χ0) is 29.2. The maximum atomic E-state index is 14.5. The SMILES string of the molecule is CCOP(=O)(CC)c1ccc2c(C(C)=O)cn(CC(=O)N3C[C@H](F)CC3C(=O)NCc3cccc(Cl)c3F)c2c1. The highest BCUT2D eigenvalue weighted by molar-refractivity contribution is 7.67. The van der Waals surface area contributed by atoms with Crippen molar-refractivity contribution in [1.82, 2.24) is 14.8 Å². The van der Waals surface area contributed by atoms with Crippen molar-refractivity contribution in [3.05, 3.63) is 64.6 Å². The summed E-state index contributed by atoms with van der Waals surface area (Å²) in [5.74, 6) is -2.03. The Labute approximate surface area is 236 Å². The standard InChI is InChI=1S/C28H31ClF2N3O5P/c1-4-39-40(38,5-2)20-9-10-21-22(17(3)35)15-33(24(21)12-20)16-26(36)34-14-19(30)11-25(34)28(37)32-13-18-7-6-8-23(29)27(18)31/h6-10,12,15,19,25H,4-5,11,13-14,16H2,1-3H3,(H,32,37)/t19-,25?,40?/m1/s1. The number of likely N-dealkylation sites (tertiary alicyclic amines) is 1. The number of benzene rings is 2. The summed E-state index contributed by atoms with van der Waals surface area (Å²) in [7, 11) is -3.15. The lowest BCUT2D eigenvalue weighted by atomic mass is 10.1. The van der Waals surface area contributed by atoms with Gasteiger partial charge in [-0.1, -0.05) is 36.7 Å². The number of nitrogens with one attached hydrogen (secondary N) is 1. The Hall–Kier alpha value is -3.07. The van der Waals surface area contributed by atoms with E-state index in [0.717, 1.165) is 4.90 Å².